The van der Waals surface area contributed by atoms with Gasteiger partial charge in [-0.2, -0.15) is 13.2 Å². The maximum absolute atomic E-state index is 13.2. The maximum atomic E-state index is 13.2. The van der Waals surface area contributed by atoms with Gasteiger partial charge >= 0.3 is 6.18 Å². The molecule has 2 aliphatic heterocycles. The number of piperidine rings is 2. The first-order valence-corrected chi connectivity index (χ1v) is 9.83. The Balaban J connectivity index is 1.43. The molecule has 0 aromatic carbocycles. The van der Waals surface area contributed by atoms with Crippen LogP contribution >= 0.6 is 11.3 Å². The SMILES string of the molecule is Cc1csc(N2CCCC(C(=O)N3CC4CC3CC4(O)C(F)(F)F)C2)n1. The van der Waals surface area contributed by atoms with Gasteiger partial charge in [0.2, 0.25) is 5.91 Å². The molecule has 3 fully saturated rings. The molecule has 0 spiro atoms. The number of carbonyl (C=O) groups excluding carboxylic acids is 1. The molecule has 1 saturated carbocycles. The summed E-state index contributed by atoms with van der Waals surface area (Å²) in [5, 5.41) is 12.9. The van der Waals surface area contributed by atoms with Crippen LogP contribution in [0.25, 0.3) is 0 Å². The van der Waals surface area contributed by atoms with Crippen LogP contribution in [0.1, 0.15) is 31.4 Å². The van der Waals surface area contributed by atoms with E-state index < -0.39 is 30.2 Å². The molecule has 2 saturated heterocycles. The van der Waals surface area contributed by atoms with E-state index in [2.05, 4.69) is 9.88 Å². The van der Waals surface area contributed by atoms with Gasteiger partial charge < -0.3 is 14.9 Å². The van der Waals surface area contributed by atoms with Crippen molar-refractivity contribution in [2.24, 2.45) is 11.8 Å². The zero-order valence-corrected chi connectivity index (χ0v) is 15.3. The molecule has 4 atom stereocenters. The molecule has 1 aliphatic carbocycles. The molecule has 2 bridgehead atoms. The van der Waals surface area contributed by atoms with Crippen molar-refractivity contribution in [1.29, 1.82) is 0 Å². The van der Waals surface area contributed by atoms with Crippen LogP contribution in [-0.2, 0) is 4.79 Å². The minimum absolute atomic E-state index is 0.00632. The number of aromatic nitrogens is 1. The molecule has 9 heteroatoms. The fraction of sp³-hybridized carbons (Fsp3) is 0.765. The van der Waals surface area contributed by atoms with Crippen molar-refractivity contribution in [3.63, 3.8) is 0 Å². The largest absolute Gasteiger partial charge is 0.417 e. The van der Waals surface area contributed by atoms with Crippen molar-refractivity contribution in [2.45, 2.75) is 50.4 Å². The summed E-state index contributed by atoms with van der Waals surface area (Å²) in [6.07, 6.45) is -3.18. The summed E-state index contributed by atoms with van der Waals surface area (Å²) in [6.45, 7) is 3.33. The summed E-state index contributed by atoms with van der Waals surface area (Å²) in [5.74, 6) is -1.19. The van der Waals surface area contributed by atoms with Gasteiger partial charge in [0.1, 0.15) is 0 Å². The lowest BCUT2D eigenvalue weighted by molar-refractivity contribution is -0.278. The lowest BCUT2D eigenvalue weighted by Crippen LogP contribution is -2.57. The first-order valence-electron chi connectivity index (χ1n) is 8.95. The molecule has 144 valence electrons. The zero-order chi connectivity index (χ0) is 18.7. The molecule has 4 unspecified atom stereocenters. The average Bonchev–Trinajstić information content (AvgIpc) is 3.28. The normalized spacial score (nSPS) is 34.6. The lowest BCUT2D eigenvalue weighted by Gasteiger charge is -2.41. The molecular weight excluding hydrogens is 367 g/mol. The molecule has 3 heterocycles. The van der Waals surface area contributed by atoms with Gasteiger partial charge in [0.15, 0.2) is 10.7 Å². The number of hydrogen-bond acceptors (Lipinski definition) is 5. The summed E-state index contributed by atoms with van der Waals surface area (Å²) in [4.78, 5) is 21.1. The van der Waals surface area contributed by atoms with Gasteiger partial charge in [-0.1, -0.05) is 0 Å². The maximum Gasteiger partial charge on any atom is 0.417 e. The second-order valence-electron chi connectivity index (χ2n) is 7.76. The van der Waals surface area contributed by atoms with E-state index in [0.717, 1.165) is 30.2 Å². The number of anilines is 1. The quantitative estimate of drug-likeness (QED) is 0.845. The molecule has 3 aliphatic rings. The summed E-state index contributed by atoms with van der Waals surface area (Å²) in [6, 6.07) is -0.503. The van der Waals surface area contributed by atoms with Crippen LogP contribution in [0.3, 0.4) is 0 Å². The van der Waals surface area contributed by atoms with Crippen molar-refractivity contribution >= 4 is 22.4 Å². The fourth-order valence-electron chi connectivity index (χ4n) is 4.67. The van der Waals surface area contributed by atoms with Crippen LogP contribution in [0.15, 0.2) is 5.38 Å². The van der Waals surface area contributed by atoms with E-state index >= 15 is 0 Å². The topological polar surface area (TPSA) is 56.7 Å². The van der Waals surface area contributed by atoms with Gasteiger partial charge in [0.05, 0.1) is 11.6 Å². The monoisotopic (exact) mass is 389 g/mol. The Morgan fingerprint density at radius 1 is 1.42 bits per heavy atom. The minimum atomic E-state index is -4.63. The van der Waals surface area contributed by atoms with E-state index in [0.29, 0.717) is 6.54 Å². The first-order chi connectivity index (χ1) is 12.2. The molecule has 1 N–H and O–H groups in total. The predicted octanol–water partition coefficient (Wildman–Crippen LogP) is 2.58. The highest BCUT2D eigenvalue weighted by molar-refractivity contribution is 7.13. The number of likely N-dealkylation sites (tertiary alicyclic amines) is 1. The van der Waals surface area contributed by atoms with E-state index in [1.54, 1.807) is 16.2 Å². The smallest absolute Gasteiger partial charge is 0.380 e. The number of thiazole rings is 1. The highest BCUT2D eigenvalue weighted by Crippen LogP contribution is 2.52. The van der Waals surface area contributed by atoms with Crippen molar-refractivity contribution in [2.75, 3.05) is 24.5 Å². The Bertz CT molecular complexity index is 710. The minimum Gasteiger partial charge on any atom is -0.380 e. The summed E-state index contributed by atoms with van der Waals surface area (Å²) in [7, 11) is 0. The summed E-state index contributed by atoms with van der Waals surface area (Å²) >= 11 is 1.55. The van der Waals surface area contributed by atoms with Gasteiger partial charge in [-0.3, -0.25) is 4.79 Å². The van der Waals surface area contributed by atoms with Gasteiger partial charge in [-0.25, -0.2) is 4.98 Å². The van der Waals surface area contributed by atoms with Crippen LogP contribution in [0.2, 0.25) is 0 Å². The number of aryl methyl sites for hydroxylation is 1. The number of carbonyl (C=O) groups is 1. The molecule has 1 amide bonds. The van der Waals surface area contributed by atoms with Crippen LogP contribution in [0.4, 0.5) is 18.3 Å². The van der Waals surface area contributed by atoms with Crippen molar-refractivity contribution < 1.29 is 23.1 Å². The van der Waals surface area contributed by atoms with E-state index in [1.165, 1.54) is 0 Å². The summed E-state index contributed by atoms with van der Waals surface area (Å²) in [5.41, 5.74) is -1.69. The number of nitrogens with zero attached hydrogens (tertiary/aromatic N) is 3. The van der Waals surface area contributed by atoms with Gasteiger partial charge in [-0.05, 0) is 26.2 Å². The molecule has 5 nitrogen and oxygen atoms in total. The van der Waals surface area contributed by atoms with Gasteiger partial charge in [0.25, 0.3) is 0 Å². The number of alkyl halides is 3. The lowest BCUT2D eigenvalue weighted by atomic mass is 9.87. The Kier molecular flexibility index (Phi) is 4.22. The number of aliphatic hydroxyl groups is 1. The molecule has 4 rings (SSSR count). The Morgan fingerprint density at radius 3 is 2.77 bits per heavy atom. The van der Waals surface area contributed by atoms with E-state index in [9.17, 15) is 23.1 Å². The number of rotatable bonds is 2. The van der Waals surface area contributed by atoms with Crippen LogP contribution in [0.5, 0.6) is 0 Å². The van der Waals surface area contributed by atoms with Crippen LogP contribution in [-0.4, -0.2) is 58.4 Å². The molecule has 0 radical (unpaired) electrons. The Hall–Kier alpha value is -1.35. The van der Waals surface area contributed by atoms with Gasteiger partial charge in [-0.15, -0.1) is 11.3 Å². The zero-order valence-electron chi connectivity index (χ0n) is 14.5. The third-order valence-electron chi connectivity index (χ3n) is 6.06. The molecule has 1 aromatic rings. The number of amides is 1. The van der Waals surface area contributed by atoms with E-state index in [4.69, 9.17) is 0 Å². The highest BCUT2D eigenvalue weighted by Gasteiger charge is 2.67. The first kappa shape index (κ1) is 18.0. The van der Waals surface area contributed by atoms with Crippen LogP contribution < -0.4 is 4.90 Å². The van der Waals surface area contributed by atoms with Crippen molar-refractivity contribution in [3.05, 3.63) is 11.1 Å². The molecule has 1 aromatic heterocycles. The van der Waals surface area contributed by atoms with Crippen molar-refractivity contribution in [3.8, 4) is 0 Å². The Labute approximate surface area is 153 Å². The predicted molar refractivity (Wildman–Crippen MR) is 91.0 cm³/mol. The van der Waals surface area contributed by atoms with Gasteiger partial charge in [0, 0.05) is 43.4 Å². The van der Waals surface area contributed by atoms with E-state index in [1.807, 2.05) is 12.3 Å². The van der Waals surface area contributed by atoms with E-state index in [-0.39, 0.29) is 24.8 Å². The molecular formula is C17H22F3N3O2S. The second-order valence-corrected chi connectivity index (χ2v) is 8.60. The second kappa shape index (κ2) is 6.09. The third-order valence-corrected chi connectivity index (χ3v) is 7.08. The number of hydrogen-bond donors (Lipinski definition) is 1. The summed E-state index contributed by atoms with van der Waals surface area (Å²) < 4.78 is 39.5. The Morgan fingerprint density at radius 2 is 2.19 bits per heavy atom. The average molecular weight is 389 g/mol. The number of fused-ring (bicyclic) bond motifs is 2. The van der Waals surface area contributed by atoms with Crippen molar-refractivity contribution in [1.82, 2.24) is 9.88 Å². The molecule has 26 heavy (non-hydrogen) atoms. The fourth-order valence-corrected chi connectivity index (χ4v) is 5.51. The standard InChI is InChI=1S/C17H22F3N3O2S/c1-10-9-26-15(21-10)22-4-2-3-11(7-22)14(24)23-8-12-5-13(23)6-16(12,25)17(18,19)20/h9,11-13,25H,2-8H2,1H3. The third kappa shape index (κ3) is 2.79. The number of halogens is 3. The highest BCUT2D eigenvalue weighted by atomic mass is 32.1. The van der Waals surface area contributed by atoms with Crippen LogP contribution in [0, 0.1) is 18.8 Å².